The molecule has 0 saturated carbocycles. The van der Waals surface area contributed by atoms with Crippen LogP contribution in [0.5, 0.6) is 0 Å². The molecular formula is C121H137BN4. The Kier molecular flexibility index (Phi) is 16.0. The normalized spacial score (nSPS) is 17.0. The van der Waals surface area contributed by atoms with E-state index >= 15 is 0 Å². The van der Waals surface area contributed by atoms with E-state index in [4.69, 9.17) is 0 Å². The Balaban J connectivity index is 1.17. The van der Waals surface area contributed by atoms with Crippen molar-refractivity contribution in [2.45, 2.75) is 242 Å². The standard InChI is InChI=1S/C121H137BN4/c1-113(2,3)70-77-36-32-40-84(56-77)94-64-88(120(22,23)24)65-95(85-41-33-37-78(57-85)71-114(4,5)6)111(94)125-106-68-90(123-102-46-30-28-44-92(102)98-60-81(48-54-104(98)123)74-117(13,14)15)50-52-100(106)122-101-53-51-91(124-103-47-31-29-45-93(103)99-61-82(49-55-105(99)124)75-118(16,17)18)69-107(101)126(109-63-83(76-119(19,20)21)62-108(125)110(109)122)112-96(86-42-34-38-79(58-86)72-115(7,8)9)66-89(121(25,26)27)67-97(112)87-43-35-39-80(59-87)73-116(10,11)12/h28-69H,70-76H2,1-27H3/i28D,29D,30D,31D,44D,45D,46D,47D,70D2,71D2,72D2,73D2,74D2,75D2,76D2. The Bertz CT molecular complexity index is 7380. The first-order valence-corrected chi connectivity index (χ1v) is 44.8. The van der Waals surface area contributed by atoms with E-state index in [-0.39, 0.29) is 62.7 Å². The molecule has 0 aliphatic carbocycles. The molecule has 15 aromatic rings. The highest BCUT2D eigenvalue weighted by molar-refractivity contribution is 7.00. The fraction of sp³-hybridized carbons (Fsp3) is 0.355. The van der Waals surface area contributed by atoms with Gasteiger partial charge in [0.2, 0.25) is 0 Å². The maximum atomic E-state index is 11.3. The lowest BCUT2D eigenvalue weighted by Gasteiger charge is -2.46. The van der Waals surface area contributed by atoms with Crippen LogP contribution in [0.1, 0.15) is 267 Å². The van der Waals surface area contributed by atoms with E-state index in [1.165, 1.54) is 0 Å². The van der Waals surface area contributed by atoms with Gasteiger partial charge >= 0.3 is 0 Å². The van der Waals surface area contributed by atoms with Gasteiger partial charge in [-0.25, -0.2) is 0 Å². The predicted octanol–water partition coefficient (Wildman–Crippen LogP) is 32.3. The van der Waals surface area contributed by atoms with E-state index in [9.17, 15) is 30.2 Å². The lowest BCUT2D eigenvalue weighted by molar-refractivity contribution is 0.411. The third kappa shape index (κ3) is 17.9. The number of anilines is 6. The topological polar surface area (TPSA) is 16.3 Å². The second kappa shape index (κ2) is 31.6. The first-order valence-electron chi connectivity index (χ1n) is 55.8. The summed E-state index contributed by atoms with van der Waals surface area (Å²) < 4.78 is 226. The summed E-state index contributed by atoms with van der Waals surface area (Å²) in [5, 5.41) is 0.951. The highest BCUT2D eigenvalue weighted by Gasteiger charge is 2.47. The SMILES string of the molecule is [2H]c1c([2H])c([2H])c2c(c1[2H])c1cc(C([2H])([2H])C(C)(C)C)ccc1n2-c1ccc2c(c1)N(c1c(-c3cccc(C([2H])([2H])C(C)(C)C)c3)cc(C(C)(C)C)cc1-c1cccc(C([2H])([2H])C(C)(C)C)c1)c1cc(C([2H])([2H])C(C)(C)C)cc3c1B2c1ccc(-n2c4ccc(C([2H])([2H])C(C)(C)C)cc4c4c([2H])c([2H])c([2H])c([2H])c42)cc1N3c1c(-c2cccc(C([2H])([2H])C(C)(C)C)c2)cc(C(C)(C)C)cc1-c1cccc(C([2H])([2H])C(C)(C)C)c1. The number of benzene rings is 13. The lowest BCUT2D eigenvalue weighted by atomic mass is 9.33. The zero-order valence-corrected chi connectivity index (χ0v) is 79.0. The van der Waals surface area contributed by atoms with Crippen LogP contribution in [-0.4, -0.2) is 15.8 Å². The largest absolute Gasteiger partial charge is 0.310 e. The van der Waals surface area contributed by atoms with Crippen LogP contribution in [0.3, 0.4) is 0 Å². The molecule has 0 amide bonds. The van der Waals surface area contributed by atoms with Crippen molar-refractivity contribution in [3.05, 3.63) is 305 Å². The number of rotatable bonds is 15. The lowest BCUT2D eigenvalue weighted by Crippen LogP contribution is -2.61. The number of hydrogen-bond donors (Lipinski definition) is 0. The Morgan fingerprint density at radius 2 is 0.548 bits per heavy atom. The van der Waals surface area contributed by atoms with Crippen molar-refractivity contribution in [2.24, 2.45) is 37.9 Å². The molecular weight excluding hydrogens is 1520 g/mol. The first kappa shape index (κ1) is 63.9. The molecule has 0 spiro atoms. The van der Waals surface area contributed by atoms with Crippen LogP contribution in [0.15, 0.2) is 255 Å². The van der Waals surface area contributed by atoms with Gasteiger partial charge in [-0.15, -0.1) is 0 Å². The molecule has 4 heterocycles. The molecule has 644 valence electrons. The Morgan fingerprint density at radius 1 is 0.262 bits per heavy atom. The van der Waals surface area contributed by atoms with Crippen LogP contribution in [0, 0.1) is 37.9 Å². The molecule has 5 heteroatoms. The molecule has 0 bridgehead atoms. The van der Waals surface area contributed by atoms with Crippen molar-refractivity contribution < 1.29 is 30.2 Å². The summed E-state index contributed by atoms with van der Waals surface area (Å²) in [5.74, 6) is 0. The van der Waals surface area contributed by atoms with Crippen LogP contribution < -0.4 is 26.2 Å². The smallest absolute Gasteiger partial charge is 0.252 e. The van der Waals surface area contributed by atoms with Gasteiger partial charge in [0.05, 0.1) is 44.4 Å². The summed E-state index contributed by atoms with van der Waals surface area (Å²) in [6.45, 7) is 50.5. The van der Waals surface area contributed by atoms with Crippen molar-refractivity contribution in [1.82, 2.24) is 9.13 Å². The van der Waals surface area contributed by atoms with E-state index < -0.39 is 124 Å². The van der Waals surface area contributed by atoms with Crippen molar-refractivity contribution in [3.63, 3.8) is 0 Å². The number of nitrogens with zero attached hydrogens (tertiary/aromatic N) is 4. The summed E-state index contributed by atoms with van der Waals surface area (Å²) in [6, 6.07) is 61.3. The van der Waals surface area contributed by atoms with Crippen molar-refractivity contribution >= 4 is 101 Å². The number of aromatic nitrogens is 2. The number of para-hydroxylation sites is 2. The fourth-order valence-corrected chi connectivity index (χ4v) is 18.5. The van der Waals surface area contributed by atoms with Gasteiger partial charge in [0.15, 0.2) is 0 Å². The van der Waals surface area contributed by atoms with Gasteiger partial charge in [0, 0.05) is 97.1 Å². The third-order valence-electron chi connectivity index (χ3n) is 23.1. The Hall–Kier alpha value is -10.9. The van der Waals surface area contributed by atoms with E-state index in [1.807, 2.05) is 234 Å². The second-order valence-corrected chi connectivity index (χ2v) is 44.4. The van der Waals surface area contributed by atoms with Crippen LogP contribution in [0.25, 0.3) is 99.5 Å². The minimum Gasteiger partial charge on any atom is -0.310 e. The summed E-state index contributed by atoms with van der Waals surface area (Å²) in [4.78, 5) is 4.34. The molecule has 126 heavy (non-hydrogen) atoms. The van der Waals surface area contributed by atoms with Crippen LogP contribution in [0.2, 0.25) is 0 Å². The quantitative estimate of drug-likeness (QED) is 0.0951. The molecule has 0 N–H and O–H groups in total. The minimum atomic E-state index is -2.36. The minimum absolute atomic E-state index is 0.0837. The summed E-state index contributed by atoms with van der Waals surface area (Å²) in [5.41, 5.74) is 5.97. The van der Waals surface area contributed by atoms with Gasteiger partial charge in [-0.2, -0.15) is 0 Å². The van der Waals surface area contributed by atoms with Gasteiger partial charge in [-0.05, 0) is 279 Å². The van der Waals surface area contributed by atoms with E-state index in [0.29, 0.717) is 150 Å². The molecule has 0 atom stereocenters. The first-order chi connectivity index (χ1) is 67.8. The highest BCUT2D eigenvalue weighted by atomic mass is 15.2. The predicted molar refractivity (Wildman–Crippen MR) is 550 cm³/mol. The number of fused-ring (bicyclic) bond motifs is 10. The maximum absolute atomic E-state index is 11.3. The van der Waals surface area contributed by atoms with Crippen molar-refractivity contribution in [3.8, 4) is 55.9 Å². The van der Waals surface area contributed by atoms with Crippen LogP contribution in [0.4, 0.5) is 34.1 Å². The van der Waals surface area contributed by atoms with Gasteiger partial charge in [-0.1, -0.05) is 345 Å². The molecule has 2 aromatic heterocycles. The van der Waals surface area contributed by atoms with E-state index in [2.05, 4.69) is 75.6 Å². The van der Waals surface area contributed by atoms with E-state index in [0.717, 1.165) is 11.1 Å². The molecule has 0 fully saturated rings. The molecule has 0 saturated heterocycles. The van der Waals surface area contributed by atoms with Crippen molar-refractivity contribution in [1.29, 1.82) is 0 Å². The van der Waals surface area contributed by atoms with Crippen LogP contribution in [-0.2, 0) is 55.4 Å². The van der Waals surface area contributed by atoms with Crippen LogP contribution >= 0.6 is 0 Å². The molecule has 4 nitrogen and oxygen atoms in total. The molecule has 17 rings (SSSR count). The fourth-order valence-electron chi connectivity index (χ4n) is 18.5. The van der Waals surface area contributed by atoms with Gasteiger partial charge in [0.25, 0.3) is 6.71 Å². The zero-order chi connectivity index (χ0) is 109. The van der Waals surface area contributed by atoms with Gasteiger partial charge in [-0.3, -0.25) is 0 Å². The summed E-state index contributed by atoms with van der Waals surface area (Å²) >= 11 is 0. The highest BCUT2D eigenvalue weighted by Crippen LogP contribution is 2.57. The van der Waals surface area contributed by atoms with Crippen molar-refractivity contribution in [2.75, 3.05) is 9.80 Å². The van der Waals surface area contributed by atoms with E-state index in [1.54, 1.807) is 102 Å². The monoisotopic (exact) mass is 1680 g/mol. The average Bonchev–Trinajstić information content (AvgIpc) is 0.765. The Morgan fingerprint density at radius 3 is 0.841 bits per heavy atom. The van der Waals surface area contributed by atoms with Gasteiger partial charge < -0.3 is 18.9 Å². The molecule has 0 unspecified atom stereocenters. The zero-order valence-electron chi connectivity index (χ0n) is 101. The molecule has 2 aliphatic heterocycles. The maximum Gasteiger partial charge on any atom is 0.252 e. The second-order valence-electron chi connectivity index (χ2n) is 44.4. The molecule has 2 aliphatic rings. The summed E-state index contributed by atoms with van der Waals surface area (Å²) in [6.07, 6.45) is -14.3. The molecule has 0 radical (unpaired) electrons. The van der Waals surface area contributed by atoms with Gasteiger partial charge in [0.1, 0.15) is 0 Å². The molecule has 13 aromatic carbocycles. The average molecular weight is 1680 g/mol. The summed E-state index contributed by atoms with van der Waals surface area (Å²) in [7, 11) is 0. The Labute approximate surface area is 786 Å². The number of hydrogen-bond acceptors (Lipinski definition) is 2. The third-order valence-corrected chi connectivity index (χ3v) is 23.1.